The number of aromatic nitrogens is 2. The quantitative estimate of drug-likeness (QED) is 0.306. The van der Waals surface area contributed by atoms with Crippen LogP contribution in [0.5, 0.6) is 0 Å². The van der Waals surface area contributed by atoms with Crippen LogP contribution in [0, 0.1) is 6.92 Å². The van der Waals surface area contributed by atoms with Crippen LogP contribution in [0.3, 0.4) is 0 Å². The van der Waals surface area contributed by atoms with Gasteiger partial charge in [0, 0.05) is 22.1 Å². The second kappa shape index (κ2) is 10.0. The molecule has 184 valence electrons. The van der Waals surface area contributed by atoms with E-state index in [9.17, 15) is 14.7 Å². The number of carbonyl (C=O) groups excluding carboxylic acids is 1. The van der Waals surface area contributed by atoms with E-state index < -0.39 is 5.97 Å². The molecule has 2 N–H and O–H groups in total. The maximum Gasteiger partial charge on any atom is 0.336 e. The molecular formula is C28H27ClN4O3. The summed E-state index contributed by atoms with van der Waals surface area (Å²) in [5.41, 5.74) is 2.72. The standard InChI is InChI=1S/C28H27ClN4O3/c1-18-22(27(34)35)11-7-13-24(18)30-28(36)32(20-8-3-2-4-9-20)26-23-10-5-6-12-25(23)31-33(26)21-16-14-19(29)15-17-21/h5-7,10-17,20H,2-4,8-9H2,1H3,(H,30,36)(H,34,35). The fraction of sp³-hybridized carbons (Fsp3) is 0.250. The molecule has 1 aromatic heterocycles. The van der Waals surface area contributed by atoms with E-state index in [1.54, 1.807) is 35.9 Å². The largest absolute Gasteiger partial charge is 0.478 e. The zero-order valence-corrected chi connectivity index (χ0v) is 20.7. The number of anilines is 2. The molecule has 5 rings (SSSR count). The number of nitrogens with one attached hydrogen (secondary N) is 1. The lowest BCUT2D eigenvalue weighted by Crippen LogP contribution is -2.45. The van der Waals surface area contributed by atoms with Crippen molar-refractivity contribution in [2.24, 2.45) is 0 Å². The molecule has 7 nitrogen and oxygen atoms in total. The highest BCUT2D eigenvalue weighted by atomic mass is 35.5. The normalized spacial score (nSPS) is 14.1. The number of aromatic carboxylic acids is 1. The van der Waals surface area contributed by atoms with Crippen molar-refractivity contribution in [3.63, 3.8) is 0 Å². The minimum atomic E-state index is -1.03. The number of urea groups is 1. The van der Waals surface area contributed by atoms with Gasteiger partial charge in [0.05, 0.1) is 16.8 Å². The van der Waals surface area contributed by atoms with Gasteiger partial charge in [-0.1, -0.05) is 49.1 Å². The van der Waals surface area contributed by atoms with Gasteiger partial charge >= 0.3 is 12.0 Å². The topological polar surface area (TPSA) is 87.5 Å². The Balaban J connectivity index is 1.65. The Morgan fingerprint density at radius 2 is 1.72 bits per heavy atom. The first kappa shape index (κ1) is 23.9. The van der Waals surface area contributed by atoms with Crippen molar-refractivity contribution in [3.05, 3.63) is 82.9 Å². The SMILES string of the molecule is Cc1c(NC(=O)N(c2c3ccccc3nn2-c2ccc(Cl)cc2)C2CCCCC2)cccc1C(=O)O. The molecular weight excluding hydrogens is 476 g/mol. The third-order valence-electron chi connectivity index (χ3n) is 6.82. The summed E-state index contributed by atoms with van der Waals surface area (Å²) in [6.45, 7) is 1.71. The van der Waals surface area contributed by atoms with Gasteiger partial charge in [-0.05, 0) is 73.9 Å². The van der Waals surface area contributed by atoms with E-state index in [4.69, 9.17) is 16.7 Å². The molecule has 0 saturated heterocycles. The first-order valence-corrected chi connectivity index (χ1v) is 12.5. The Bertz CT molecular complexity index is 1420. The average molecular weight is 503 g/mol. The van der Waals surface area contributed by atoms with E-state index in [0.717, 1.165) is 48.7 Å². The number of hydrogen-bond acceptors (Lipinski definition) is 3. The first-order chi connectivity index (χ1) is 17.4. The van der Waals surface area contributed by atoms with Crippen LogP contribution < -0.4 is 10.2 Å². The van der Waals surface area contributed by atoms with E-state index >= 15 is 0 Å². The predicted molar refractivity (Wildman–Crippen MR) is 143 cm³/mol. The second-order valence-electron chi connectivity index (χ2n) is 9.10. The van der Waals surface area contributed by atoms with Crippen LogP contribution in [-0.2, 0) is 0 Å². The molecule has 0 radical (unpaired) electrons. The number of hydrogen-bond donors (Lipinski definition) is 2. The molecule has 4 aromatic rings. The first-order valence-electron chi connectivity index (χ1n) is 12.1. The van der Waals surface area contributed by atoms with Gasteiger partial charge < -0.3 is 10.4 Å². The lowest BCUT2D eigenvalue weighted by molar-refractivity contribution is 0.0696. The zero-order valence-electron chi connectivity index (χ0n) is 19.9. The van der Waals surface area contributed by atoms with Crippen molar-refractivity contribution in [3.8, 4) is 5.69 Å². The van der Waals surface area contributed by atoms with Crippen LogP contribution in [0.2, 0.25) is 5.02 Å². The molecule has 0 aliphatic heterocycles. The number of rotatable bonds is 5. The van der Waals surface area contributed by atoms with Gasteiger partial charge in [0.15, 0.2) is 0 Å². The summed E-state index contributed by atoms with van der Waals surface area (Å²) >= 11 is 6.15. The molecule has 0 spiro atoms. The average Bonchev–Trinajstić information content (AvgIpc) is 3.25. The molecule has 0 atom stereocenters. The van der Waals surface area contributed by atoms with Crippen LogP contribution in [0.4, 0.5) is 16.3 Å². The van der Waals surface area contributed by atoms with Gasteiger partial charge in [-0.2, -0.15) is 5.10 Å². The van der Waals surface area contributed by atoms with Gasteiger partial charge in [-0.15, -0.1) is 0 Å². The molecule has 0 bridgehead atoms. The second-order valence-corrected chi connectivity index (χ2v) is 9.54. The Morgan fingerprint density at radius 1 is 1.00 bits per heavy atom. The van der Waals surface area contributed by atoms with E-state index in [-0.39, 0.29) is 17.6 Å². The number of fused-ring (bicyclic) bond motifs is 1. The molecule has 36 heavy (non-hydrogen) atoms. The van der Waals surface area contributed by atoms with Crippen LogP contribution in [0.15, 0.2) is 66.7 Å². The summed E-state index contributed by atoms with van der Waals surface area (Å²) < 4.78 is 1.80. The molecule has 1 saturated carbocycles. The minimum absolute atomic E-state index is 0.0205. The Hall–Kier alpha value is -3.84. The van der Waals surface area contributed by atoms with Gasteiger partial charge in [0.2, 0.25) is 0 Å². The van der Waals surface area contributed by atoms with Crippen LogP contribution in [0.1, 0.15) is 48.0 Å². The number of carboxylic acid groups (broad SMARTS) is 1. The smallest absolute Gasteiger partial charge is 0.336 e. The van der Waals surface area contributed by atoms with Crippen LogP contribution in [0.25, 0.3) is 16.6 Å². The summed E-state index contributed by atoms with van der Waals surface area (Å²) in [5.74, 6) is -0.344. The van der Waals surface area contributed by atoms with Crippen molar-refractivity contribution >= 4 is 46.0 Å². The minimum Gasteiger partial charge on any atom is -0.478 e. The summed E-state index contributed by atoms with van der Waals surface area (Å²) in [6.07, 6.45) is 4.97. The van der Waals surface area contributed by atoms with Crippen molar-refractivity contribution < 1.29 is 14.7 Å². The third-order valence-corrected chi connectivity index (χ3v) is 7.07. The number of halogens is 1. The predicted octanol–water partition coefficient (Wildman–Crippen LogP) is 7.06. The molecule has 1 fully saturated rings. The Labute approximate surface area is 214 Å². The monoisotopic (exact) mass is 502 g/mol. The molecule has 8 heteroatoms. The van der Waals surface area contributed by atoms with Gasteiger partial charge in [0.1, 0.15) is 5.82 Å². The number of nitrogens with zero attached hydrogens (tertiary/aromatic N) is 3. The van der Waals surface area contributed by atoms with Crippen molar-refractivity contribution in [2.45, 2.75) is 45.1 Å². The molecule has 1 aliphatic rings. The van der Waals surface area contributed by atoms with E-state index in [0.29, 0.717) is 22.1 Å². The summed E-state index contributed by atoms with van der Waals surface area (Å²) in [5, 5.41) is 18.9. The number of carboxylic acids is 1. The zero-order chi connectivity index (χ0) is 25.2. The molecule has 1 aliphatic carbocycles. The highest BCUT2D eigenvalue weighted by molar-refractivity contribution is 6.30. The van der Waals surface area contributed by atoms with Crippen LogP contribution >= 0.6 is 11.6 Å². The van der Waals surface area contributed by atoms with Gasteiger partial charge in [0.25, 0.3) is 0 Å². The van der Waals surface area contributed by atoms with E-state index in [2.05, 4.69) is 5.32 Å². The third kappa shape index (κ3) is 4.54. The van der Waals surface area contributed by atoms with Crippen molar-refractivity contribution in [1.29, 1.82) is 0 Å². The highest BCUT2D eigenvalue weighted by Gasteiger charge is 2.32. The lowest BCUT2D eigenvalue weighted by Gasteiger charge is -2.34. The fourth-order valence-electron chi connectivity index (χ4n) is 4.97. The maximum absolute atomic E-state index is 14.0. The molecule has 2 amide bonds. The number of amides is 2. The van der Waals surface area contributed by atoms with Gasteiger partial charge in [-0.3, -0.25) is 4.90 Å². The molecule has 0 unspecified atom stereocenters. The lowest BCUT2D eigenvalue weighted by atomic mass is 9.94. The summed E-state index contributed by atoms with van der Waals surface area (Å²) in [4.78, 5) is 27.5. The molecule has 1 heterocycles. The fourth-order valence-corrected chi connectivity index (χ4v) is 5.09. The maximum atomic E-state index is 14.0. The van der Waals surface area contributed by atoms with Crippen molar-refractivity contribution in [1.82, 2.24) is 9.78 Å². The van der Waals surface area contributed by atoms with Crippen LogP contribution in [-0.4, -0.2) is 32.9 Å². The summed E-state index contributed by atoms with van der Waals surface area (Å²) in [6, 6.07) is 19.7. The number of carbonyl (C=O) groups is 2. The van der Waals surface area contributed by atoms with E-state index in [1.165, 1.54) is 6.07 Å². The van der Waals surface area contributed by atoms with E-state index in [1.807, 2.05) is 41.3 Å². The Kier molecular flexibility index (Phi) is 6.65. The highest BCUT2D eigenvalue weighted by Crippen LogP contribution is 2.35. The summed E-state index contributed by atoms with van der Waals surface area (Å²) in [7, 11) is 0. The van der Waals surface area contributed by atoms with Crippen molar-refractivity contribution in [2.75, 3.05) is 10.2 Å². The van der Waals surface area contributed by atoms with Gasteiger partial charge in [-0.25, -0.2) is 14.3 Å². The Morgan fingerprint density at radius 3 is 2.44 bits per heavy atom. The molecule has 3 aromatic carbocycles. The number of benzene rings is 3.